The van der Waals surface area contributed by atoms with Gasteiger partial charge in [0.25, 0.3) is 6.92 Å². The van der Waals surface area contributed by atoms with E-state index >= 15 is 0 Å². The highest BCUT2D eigenvalue weighted by atomic mass is 16.5. The highest BCUT2D eigenvalue weighted by Crippen LogP contribution is 1.94. The monoisotopic (exact) mass is 159 g/mol. The van der Waals surface area contributed by atoms with Crippen molar-refractivity contribution in [2.45, 2.75) is 20.1 Å². The van der Waals surface area contributed by atoms with Gasteiger partial charge in [-0.2, -0.15) is 0 Å². The molecule has 0 atom stereocenters. The van der Waals surface area contributed by atoms with Gasteiger partial charge >= 0.3 is 0 Å². The zero-order valence-electron chi connectivity index (χ0n) is 7.51. The number of rotatable bonds is 7. The fourth-order valence-electron chi connectivity index (χ4n) is 0.746. The smallest absolute Gasteiger partial charge is 0.292 e. The fraction of sp³-hybridized carbons (Fsp3) is 1.00. The largest absolute Gasteiger partial charge is 0.435 e. The zero-order chi connectivity index (χ0) is 8.53. The molecule has 3 nitrogen and oxygen atoms in total. The maximum atomic E-state index is 5.33. The standard InChI is InChI=1S/C7H18BNO2/c1-3-10-6-4-8(2)11-7-5-9/h3-7,9H2,1-2H3. The molecule has 0 unspecified atom stereocenters. The van der Waals surface area contributed by atoms with Gasteiger partial charge < -0.3 is 15.1 Å². The Kier molecular flexibility index (Phi) is 8.01. The van der Waals surface area contributed by atoms with Gasteiger partial charge in [-0.15, -0.1) is 0 Å². The van der Waals surface area contributed by atoms with Gasteiger partial charge in [-0.3, -0.25) is 0 Å². The second-order valence-electron chi connectivity index (χ2n) is 2.46. The minimum atomic E-state index is 0.269. The number of hydrogen-bond donors (Lipinski definition) is 1. The van der Waals surface area contributed by atoms with Gasteiger partial charge in [-0.25, -0.2) is 0 Å². The lowest BCUT2D eigenvalue weighted by Gasteiger charge is -2.07. The van der Waals surface area contributed by atoms with E-state index in [9.17, 15) is 0 Å². The molecule has 0 heterocycles. The van der Waals surface area contributed by atoms with E-state index in [-0.39, 0.29) is 6.92 Å². The maximum absolute atomic E-state index is 5.33. The van der Waals surface area contributed by atoms with Crippen LogP contribution in [0.5, 0.6) is 0 Å². The van der Waals surface area contributed by atoms with E-state index in [1.54, 1.807) is 0 Å². The summed E-state index contributed by atoms with van der Waals surface area (Å²) in [6.45, 7) is 7.10. The van der Waals surface area contributed by atoms with E-state index in [0.29, 0.717) is 13.2 Å². The first kappa shape index (κ1) is 10.9. The first-order valence-electron chi connectivity index (χ1n) is 4.20. The van der Waals surface area contributed by atoms with Gasteiger partial charge in [-0.05, 0) is 13.2 Å². The van der Waals surface area contributed by atoms with Gasteiger partial charge in [0.05, 0.1) is 0 Å². The molecule has 0 radical (unpaired) electrons. The van der Waals surface area contributed by atoms with Crippen LogP contribution in [0, 0.1) is 0 Å². The van der Waals surface area contributed by atoms with Crippen LogP contribution in [0.3, 0.4) is 0 Å². The minimum absolute atomic E-state index is 0.269. The Balaban J connectivity index is 3.02. The SMILES string of the molecule is CCOCCB(C)OCCN. The third kappa shape index (κ3) is 7.85. The van der Waals surface area contributed by atoms with Crippen LogP contribution in [0.25, 0.3) is 0 Å². The highest BCUT2D eigenvalue weighted by molar-refractivity contribution is 6.50. The van der Waals surface area contributed by atoms with E-state index in [0.717, 1.165) is 19.5 Å². The first-order chi connectivity index (χ1) is 5.31. The summed E-state index contributed by atoms with van der Waals surface area (Å²) in [5, 5.41) is 0. The lowest BCUT2D eigenvalue weighted by atomic mass is 9.68. The molecule has 0 amide bonds. The molecule has 0 spiro atoms. The molecule has 11 heavy (non-hydrogen) atoms. The Labute approximate surface area is 69.4 Å². The molecule has 4 heteroatoms. The summed E-state index contributed by atoms with van der Waals surface area (Å²) in [6, 6.07) is 0. The molecule has 0 saturated heterocycles. The van der Waals surface area contributed by atoms with Gasteiger partial charge in [-0.1, -0.05) is 6.82 Å². The van der Waals surface area contributed by atoms with Crippen molar-refractivity contribution >= 4 is 6.92 Å². The molecule has 0 aromatic heterocycles. The average Bonchev–Trinajstić information content (AvgIpc) is 2.01. The Morgan fingerprint density at radius 1 is 1.36 bits per heavy atom. The van der Waals surface area contributed by atoms with E-state index in [4.69, 9.17) is 15.1 Å². The van der Waals surface area contributed by atoms with Crippen LogP contribution in [0.15, 0.2) is 0 Å². The van der Waals surface area contributed by atoms with Crippen LogP contribution in [0.1, 0.15) is 6.92 Å². The fourth-order valence-corrected chi connectivity index (χ4v) is 0.746. The second kappa shape index (κ2) is 8.05. The summed E-state index contributed by atoms with van der Waals surface area (Å²) in [7, 11) is 0. The number of hydrogen-bond acceptors (Lipinski definition) is 3. The topological polar surface area (TPSA) is 44.5 Å². The molecule has 0 aromatic carbocycles. The summed E-state index contributed by atoms with van der Waals surface area (Å²) < 4.78 is 10.5. The zero-order valence-corrected chi connectivity index (χ0v) is 7.51. The Bertz CT molecular complexity index is 82.8. The molecular weight excluding hydrogens is 141 g/mol. The number of nitrogens with two attached hydrogens (primary N) is 1. The molecule has 0 aliphatic carbocycles. The molecule has 0 aliphatic rings. The average molecular weight is 159 g/mol. The third-order valence-corrected chi connectivity index (χ3v) is 1.39. The van der Waals surface area contributed by atoms with Gasteiger partial charge in [0.1, 0.15) is 0 Å². The molecule has 0 aromatic rings. The predicted molar refractivity (Wildman–Crippen MR) is 47.9 cm³/mol. The van der Waals surface area contributed by atoms with E-state index in [2.05, 4.69) is 0 Å². The summed E-state index contributed by atoms with van der Waals surface area (Å²) >= 11 is 0. The van der Waals surface area contributed by atoms with Gasteiger partial charge in [0, 0.05) is 26.4 Å². The van der Waals surface area contributed by atoms with Crippen molar-refractivity contribution < 1.29 is 9.39 Å². The van der Waals surface area contributed by atoms with E-state index in [1.807, 2.05) is 13.7 Å². The van der Waals surface area contributed by atoms with Crippen molar-refractivity contribution in [2.24, 2.45) is 5.73 Å². The van der Waals surface area contributed by atoms with Crippen molar-refractivity contribution in [1.82, 2.24) is 0 Å². The molecule has 0 bridgehead atoms. The van der Waals surface area contributed by atoms with Crippen LogP contribution >= 0.6 is 0 Å². The quantitative estimate of drug-likeness (QED) is 0.437. The van der Waals surface area contributed by atoms with Crippen LogP contribution in [0.2, 0.25) is 13.1 Å². The molecule has 66 valence electrons. The number of ether oxygens (including phenoxy) is 1. The van der Waals surface area contributed by atoms with Crippen LogP contribution in [0.4, 0.5) is 0 Å². The van der Waals surface area contributed by atoms with Crippen molar-refractivity contribution in [2.75, 3.05) is 26.4 Å². The van der Waals surface area contributed by atoms with Crippen molar-refractivity contribution in [3.8, 4) is 0 Å². The lowest BCUT2D eigenvalue weighted by Crippen LogP contribution is -2.20. The summed E-state index contributed by atoms with van der Waals surface area (Å²) in [5.74, 6) is 0. The highest BCUT2D eigenvalue weighted by Gasteiger charge is 2.06. The van der Waals surface area contributed by atoms with E-state index in [1.165, 1.54) is 0 Å². The lowest BCUT2D eigenvalue weighted by molar-refractivity contribution is 0.158. The normalized spacial score (nSPS) is 10.1. The second-order valence-corrected chi connectivity index (χ2v) is 2.46. The summed E-state index contributed by atoms with van der Waals surface area (Å²) in [4.78, 5) is 0. The van der Waals surface area contributed by atoms with Crippen LogP contribution in [-0.2, 0) is 9.39 Å². The molecule has 0 aliphatic heterocycles. The Morgan fingerprint density at radius 2 is 2.09 bits per heavy atom. The molecule has 0 rings (SSSR count). The summed E-state index contributed by atoms with van der Waals surface area (Å²) in [5.41, 5.74) is 5.28. The third-order valence-electron chi connectivity index (χ3n) is 1.39. The molecule has 2 N–H and O–H groups in total. The molecule has 0 saturated carbocycles. The Morgan fingerprint density at radius 3 is 2.64 bits per heavy atom. The maximum Gasteiger partial charge on any atom is 0.292 e. The van der Waals surface area contributed by atoms with Crippen molar-refractivity contribution in [3.05, 3.63) is 0 Å². The minimum Gasteiger partial charge on any atom is -0.435 e. The predicted octanol–water partition coefficient (Wildman–Crippen LogP) is 0.620. The van der Waals surface area contributed by atoms with Crippen molar-refractivity contribution in [3.63, 3.8) is 0 Å². The summed E-state index contributed by atoms with van der Waals surface area (Å²) in [6.07, 6.45) is 0.952. The molecular formula is C7H18BNO2. The van der Waals surface area contributed by atoms with Crippen LogP contribution in [-0.4, -0.2) is 33.3 Å². The van der Waals surface area contributed by atoms with Gasteiger partial charge in [0.15, 0.2) is 0 Å². The van der Waals surface area contributed by atoms with Crippen LogP contribution < -0.4 is 5.73 Å². The van der Waals surface area contributed by atoms with Crippen molar-refractivity contribution in [1.29, 1.82) is 0 Å². The molecule has 0 fully saturated rings. The Hall–Kier alpha value is -0.0551. The van der Waals surface area contributed by atoms with Gasteiger partial charge in [0.2, 0.25) is 0 Å². The first-order valence-corrected chi connectivity index (χ1v) is 4.20. The van der Waals surface area contributed by atoms with E-state index < -0.39 is 0 Å².